The third kappa shape index (κ3) is 5.81. The molecule has 1 aliphatic heterocycles. The van der Waals surface area contributed by atoms with Crippen LogP contribution in [0.5, 0.6) is 0 Å². The molecule has 0 saturated carbocycles. The number of hydrogen-bond acceptors (Lipinski definition) is 4. The number of alkyl halides is 3. The Morgan fingerprint density at radius 3 is 2.86 bits per heavy atom. The zero-order valence-corrected chi connectivity index (χ0v) is 18.5. The summed E-state index contributed by atoms with van der Waals surface area (Å²) in [5, 5.41) is 11.2. The molecular weight excluding hydrogens is 500 g/mol. The molecule has 1 fully saturated rings. The highest BCUT2D eigenvalue weighted by molar-refractivity contribution is 14.0. The third-order valence-electron chi connectivity index (χ3n) is 4.60. The fourth-order valence-corrected chi connectivity index (χ4v) is 3.13. The van der Waals surface area contributed by atoms with Crippen molar-refractivity contribution in [1.82, 2.24) is 25.0 Å². The van der Waals surface area contributed by atoms with Gasteiger partial charge < -0.3 is 19.5 Å². The average Bonchev–Trinajstić information content (AvgIpc) is 3.16. The summed E-state index contributed by atoms with van der Waals surface area (Å²) in [6.07, 6.45) is -3.18. The Morgan fingerprint density at radius 1 is 1.38 bits per heavy atom. The molecule has 1 aromatic heterocycles. The van der Waals surface area contributed by atoms with Gasteiger partial charge in [-0.3, -0.25) is 4.99 Å². The lowest BCUT2D eigenvalue weighted by Gasteiger charge is -2.35. The number of nitrogens with zero attached hydrogens (tertiary/aromatic N) is 5. The summed E-state index contributed by atoms with van der Waals surface area (Å²) in [6, 6.07) is 5.27. The summed E-state index contributed by atoms with van der Waals surface area (Å²) in [5.41, 5.74) is -0.173. The largest absolute Gasteiger partial charge is 0.416 e. The smallest absolute Gasteiger partial charge is 0.370 e. The van der Waals surface area contributed by atoms with Crippen molar-refractivity contribution < 1.29 is 17.9 Å². The average molecular weight is 524 g/mol. The van der Waals surface area contributed by atoms with Crippen molar-refractivity contribution in [2.24, 2.45) is 4.99 Å². The molecule has 1 aliphatic rings. The van der Waals surface area contributed by atoms with Crippen LogP contribution in [0.4, 0.5) is 13.2 Å². The fraction of sp³-hybridized carbons (Fsp3) is 0.500. The van der Waals surface area contributed by atoms with Crippen molar-refractivity contribution in [2.75, 3.05) is 26.7 Å². The number of aryl methyl sites for hydroxylation is 1. The molecule has 3 rings (SSSR count). The highest BCUT2D eigenvalue weighted by Crippen LogP contribution is 2.32. The van der Waals surface area contributed by atoms with Crippen molar-refractivity contribution >= 4 is 29.9 Å². The molecule has 0 radical (unpaired) electrons. The SMILES string of the molecule is CCn1cnnc1CNC(=NC)N1CCOC(c2cccc(C(F)(F)F)c2)C1.I. The molecule has 0 amide bonds. The molecule has 1 saturated heterocycles. The molecule has 7 nitrogen and oxygen atoms in total. The van der Waals surface area contributed by atoms with Crippen molar-refractivity contribution in [3.05, 3.63) is 47.5 Å². The number of hydrogen-bond donors (Lipinski definition) is 1. The van der Waals surface area contributed by atoms with Crippen molar-refractivity contribution in [3.8, 4) is 0 Å². The fourth-order valence-electron chi connectivity index (χ4n) is 3.13. The van der Waals surface area contributed by atoms with Crippen LogP contribution in [0.3, 0.4) is 0 Å². The highest BCUT2D eigenvalue weighted by atomic mass is 127. The molecule has 1 unspecified atom stereocenters. The first-order valence-corrected chi connectivity index (χ1v) is 9.03. The molecule has 11 heteroatoms. The minimum atomic E-state index is -4.38. The summed E-state index contributed by atoms with van der Waals surface area (Å²) >= 11 is 0. The maximum Gasteiger partial charge on any atom is 0.416 e. The second kappa shape index (κ2) is 10.2. The number of ether oxygens (including phenoxy) is 1. The van der Waals surface area contributed by atoms with E-state index in [4.69, 9.17) is 4.74 Å². The second-order valence-corrected chi connectivity index (χ2v) is 6.36. The number of halogens is 4. The standard InChI is InChI=1S/C18H23F3N6O.HI/c1-3-26-12-24-25-16(26)10-23-17(22-2)27-7-8-28-15(11-27)13-5-4-6-14(9-13)18(19,20)21;/h4-6,9,12,15H,3,7-8,10-11H2,1-2H3,(H,22,23);1H. The monoisotopic (exact) mass is 524 g/mol. The first-order chi connectivity index (χ1) is 13.4. The van der Waals surface area contributed by atoms with E-state index in [-0.39, 0.29) is 24.0 Å². The summed E-state index contributed by atoms with van der Waals surface area (Å²) in [7, 11) is 1.67. The Labute approximate surface area is 184 Å². The van der Waals surface area contributed by atoms with E-state index in [1.165, 1.54) is 6.07 Å². The summed E-state index contributed by atoms with van der Waals surface area (Å²) in [4.78, 5) is 6.26. The van der Waals surface area contributed by atoms with Crippen molar-refractivity contribution in [3.63, 3.8) is 0 Å². The van der Waals surface area contributed by atoms with Gasteiger partial charge in [-0.1, -0.05) is 12.1 Å². The van der Waals surface area contributed by atoms with Crippen LogP contribution >= 0.6 is 24.0 Å². The molecule has 0 spiro atoms. The van der Waals surface area contributed by atoms with E-state index in [2.05, 4.69) is 20.5 Å². The summed E-state index contributed by atoms with van der Waals surface area (Å²) < 4.78 is 46.6. The van der Waals surface area contributed by atoms with Gasteiger partial charge >= 0.3 is 6.18 Å². The van der Waals surface area contributed by atoms with Gasteiger partial charge in [-0.25, -0.2) is 0 Å². The van der Waals surface area contributed by atoms with Gasteiger partial charge in [-0.15, -0.1) is 34.2 Å². The maximum atomic E-state index is 13.0. The third-order valence-corrected chi connectivity index (χ3v) is 4.60. The van der Waals surface area contributed by atoms with Gasteiger partial charge in [0.05, 0.1) is 25.3 Å². The van der Waals surface area contributed by atoms with Crippen molar-refractivity contribution in [1.29, 1.82) is 0 Å². The van der Waals surface area contributed by atoms with Gasteiger partial charge in [0.25, 0.3) is 0 Å². The zero-order chi connectivity index (χ0) is 20.1. The molecule has 0 bridgehead atoms. The van der Waals surface area contributed by atoms with Crippen LogP contribution in [0.1, 0.15) is 30.0 Å². The van der Waals surface area contributed by atoms with Crippen LogP contribution in [-0.2, 0) is 24.0 Å². The first-order valence-electron chi connectivity index (χ1n) is 9.03. The van der Waals surface area contributed by atoms with E-state index in [9.17, 15) is 13.2 Å². The summed E-state index contributed by atoms with van der Waals surface area (Å²) in [5.74, 6) is 1.43. The Kier molecular flexibility index (Phi) is 8.25. The van der Waals surface area contributed by atoms with Crippen LogP contribution in [0.25, 0.3) is 0 Å². The van der Waals surface area contributed by atoms with Crippen LogP contribution in [0.15, 0.2) is 35.6 Å². The van der Waals surface area contributed by atoms with Gasteiger partial charge in [0.2, 0.25) is 0 Å². The number of guanidine groups is 1. The van der Waals surface area contributed by atoms with Crippen LogP contribution in [0.2, 0.25) is 0 Å². The van der Waals surface area contributed by atoms with E-state index in [0.717, 1.165) is 24.5 Å². The topological polar surface area (TPSA) is 67.6 Å². The van der Waals surface area contributed by atoms with Gasteiger partial charge in [0.15, 0.2) is 11.8 Å². The van der Waals surface area contributed by atoms with E-state index in [1.807, 2.05) is 16.4 Å². The molecule has 2 heterocycles. The van der Waals surface area contributed by atoms with Gasteiger partial charge in [0.1, 0.15) is 12.4 Å². The molecule has 1 atom stereocenters. The van der Waals surface area contributed by atoms with Crippen LogP contribution in [-0.4, -0.2) is 52.4 Å². The minimum absolute atomic E-state index is 0. The van der Waals surface area contributed by atoms with Gasteiger partial charge in [0, 0.05) is 20.1 Å². The van der Waals surface area contributed by atoms with Crippen LogP contribution in [0, 0.1) is 0 Å². The molecule has 1 N–H and O–H groups in total. The van der Waals surface area contributed by atoms with E-state index in [1.54, 1.807) is 19.4 Å². The lowest BCUT2D eigenvalue weighted by Crippen LogP contribution is -2.48. The number of benzene rings is 1. The van der Waals surface area contributed by atoms with Gasteiger partial charge in [-0.05, 0) is 24.6 Å². The normalized spacial score (nSPS) is 17.8. The maximum absolute atomic E-state index is 13.0. The molecule has 1 aromatic carbocycles. The lowest BCUT2D eigenvalue weighted by atomic mass is 10.0. The number of rotatable bonds is 4. The quantitative estimate of drug-likeness (QED) is 0.379. The number of aliphatic imine (C=N–C) groups is 1. The number of nitrogens with one attached hydrogen (secondary N) is 1. The van der Waals surface area contributed by atoms with E-state index in [0.29, 0.717) is 37.8 Å². The Balaban J connectivity index is 0.00000300. The minimum Gasteiger partial charge on any atom is -0.370 e. The predicted octanol–water partition coefficient (Wildman–Crippen LogP) is 3.08. The lowest BCUT2D eigenvalue weighted by molar-refractivity contribution is -0.137. The highest BCUT2D eigenvalue weighted by Gasteiger charge is 2.32. The number of morpholine rings is 1. The molecule has 2 aromatic rings. The molecular formula is C18H24F3IN6O. The van der Waals surface area contributed by atoms with Crippen LogP contribution < -0.4 is 5.32 Å². The predicted molar refractivity (Wildman–Crippen MR) is 113 cm³/mol. The Morgan fingerprint density at radius 2 is 2.17 bits per heavy atom. The Bertz CT molecular complexity index is 826. The first kappa shape index (κ1) is 23.4. The van der Waals surface area contributed by atoms with E-state index < -0.39 is 17.8 Å². The molecule has 29 heavy (non-hydrogen) atoms. The van der Waals surface area contributed by atoms with Crippen molar-refractivity contribution in [2.45, 2.75) is 32.3 Å². The Hall–Kier alpha value is -1.89. The number of aromatic nitrogens is 3. The van der Waals surface area contributed by atoms with Gasteiger partial charge in [-0.2, -0.15) is 13.2 Å². The summed E-state index contributed by atoms with van der Waals surface area (Å²) in [6.45, 7) is 4.61. The second-order valence-electron chi connectivity index (χ2n) is 6.36. The van der Waals surface area contributed by atoms with E-state index >= 15 is 0 Å². The zero-order valence-electron chi connectivity index (χ0n) is 16.2. The molecule has 0 aliphatic carbocycles. The molecule has 160 valence electrons.